The number of rotatable bonds is 11. The van der Waals surface area contributed by atoms with Crippen molar-refractivity contribution in [3.8, 4) is 5.75 Å². The number of benzene rings is 2. The van der Waals surface area contributed by atoms with E-state index in [9.17, 15) is 13.6 Å². The molecule has 7 nitrogen and oxygen atoms in total. The SMILES string of the molecule is C=CC[C@@]1(C(=O)NNCc2ccc(F)cc2F)COC(c2ccc(OCCCO)cc2)=N1. The number of halogens is 2. The van der Waals surface area contributed by atoms with E-state index in [1.54, 1.807) is 30.3 Å². The second-order valence-electron chi connectivity index (χ2n) is 7.22. The van der Waals surface area contributed by atoms with Gasteiger partial charge in [-0.25, -0.2) is 19.2 Å². The summed E-state index contributed by atoms with van der Waals surface area (Å²) in [7, 11) is 0. The fourth-order valence-electron chi connectivity index (χ4n) is 3.10. The van der Waals surface area contributed by atoms with Crippen molar-refractivity contribution in [1.29, 1.82) is 0 Å². The number of hydrogen-bond donors (Lipinski definition) is 3. The molecule has 1 amide bonds. The lowest BCUT2D eigenvalue weighted by atomic mass is 9.97. The number of ether oxygens (including phenoxy) is 2. The number of aliphatic hydroxyl groups excluding tert-OH is 1. The van der Waals surface area contributed by atoms with Crippen LogP contribution in [0.5, 0.6) is 5.75 Å². The van der Waals surface area contributed by atoms with Crippen LogP contribution in [0.2, 0.25) is 0 Å². The van der Waals surface area contributed by atoms with Gasteiger partial charge in [-0.05, 0) is 30.3 Å². The van der Waals surface area contributed by atoms with Gasteiger partial charge in [0.1, 0.15) is 24.0 Å². The number of hydrazine groups is 1. The molecule has 3 N–H and O–H groups in total. The summed E-state index contributed by atoms with van der Waals surface area (Å²) < 4.78 is 38.0. The van der Waals surface area contributed by atoms with Crippen molar-refractivity contribution in [2.45, 2.75) is 24.9 Å². The standard InChI is InChI=1S/C23H25F2N3O4/c1-2-10-23(22(30)28-26-14-17-4-7-18(24)13-20(17)25)15-32-21(27-23)16-5-8-19(9-6-16)31-12-3-11-29/h2,4-9,13,26,29H,1,3,10-12,14-15H2,(H,28,30)/t23-/m0/s1. The number of nitrogens with one attached hydrogen (secondary N) is 2. The fourth-order valence-corrected chi connectivity index (χ4v) is 3.10. The molecule has 0 fully saturated rings. The molecule has 0 aromatic heterocycles. The zero-order chi connectivity index (χ0) is 23.0. The van der Waals surface area contributed by atoms with Crippen LogP contribution in [0.3, 0.4) is 0 Å². The second kappa shape index (κ2) is 10.8. The fraction of sp³-hybridized carbons (Fsp3) is 0.304. The third-order valence-corrected chi connectivity index (χ3v) is 4.84. The Morgan fingerprint density at radius 2 is 2.06 bits per heavy atom. The summed E-state index contributed by atoms with van der Waals surface area (Å²) in [5, 5.41) is 8.82. The lowest BCUT2D eigenvalue weighted by Gasteiger charge is -2.21. The van der Waals surface area contributed by atoms with E-state index in [0.29, 0.717) is 30.2 Å². The lowest BCUT2D eigenvalue weighted by Crippen LogP contribution is -2.51. The quantitative estimate of drug-likeness (QED) is 0.281. The van der Waals surface area contributed by atoms with Crippen LogP contribution in [0, 0.1) is 11.6 Å². The molecule has 2 aromatic rings. The van der Waals surface area contributed by atoms with Crippen LogP contribution in [0.25, 0.3) is 0 Å². The highest BCUT2D eigenvalue weighted by Crippen LogP contribution is 2.27. The number of amides is 1. The predicted octanol–water partition coefficient (Wildman–Crippen LogP) is 2.64. The number of aliphatic hydroxyl groups is 1. The molecule has 0 spiro atoms. The van der Waals surface area contributed by atoms with Crippen molar-refractivity contribution in [3.63, 3.8) is 0 Å². The van der Waals surface area contributed by atoms with Gasteiger partial charge in [0.15, 0.2) is 5.54 Å². The third kappa shape index (κ3) is 5.68. The Morgan fingerprint density at radius 3 is 2.75 bits per heavy atom. The monoisotopic (exact) mass is 445 g/mol. The molecule has 9 heteroatoms. The molecular formula is C23H25F2N3O4. The van der Waals surface area contributed by atoms with Crippen molar-refractivity contribution in [2.75, 3.05) is 19.8 Å². The molecule has 1 aliphatic rings. The number of carbonyl (C=O) groups excluding carboxylic acids is 1. The second-order valence-corrected chi connectivity index (χ2v) is 7.22. The summed E-state index contributed by atoms with van der Waals surface area (Å²) in [6.45, 7) is 4.15. The van der Waals surface area contributed by atoms with E-state index >= 15 is 0 Å². The Balaban J connectivity index is 1.65. The summed E-state index contributed by atoms with van der Waals surface area (Å²) in [6.07, 6.45) is 2.35. The molecule has 2 aromatic carbocycles. The maximum atomic E-state index is 13.8. The lowest BCUT2D eigenvalue weighted by molar-refractivity contribution is -0.127. The molecule has 1 aliphatic heterocycles. The van der Waals surface area contributed by atoms with Crippen LogP contribution in [-0.2, 0) is 16.1 Å². The first-order valence-electron chi connectivity index (χ1n) is 10.1. The van der Waals surface area contributed by atoms with Crippen LogP contribution in [-0.4, -0.2) is 42.3 Å². The molecule has 170 valence electrons. The van der Waals surface area contributed by atoms with Gasteiger partial charge in [0, 0.05) is 43.2 Å². The van der Waals surface area contributed by atoms with E-state index < -0.39 is 23.1 Å². The van der Waals surface area contributed by atoms with Crippen molar-refractivity contribution >= 4 is 11.8 Å². The van der Waals surface area contributed by atoms with Crippen molar-refractivity contribution in [2.24, 2.45) is 4.99 Å². The molecule has 0 saturated carbocycles. The number of aliphatic imine (C=N–C) groups is 1. The minimum atomic E-state index is -1.22. The van der Waals surface area contributed by atoms with Crippen LogP contribution < -0.4 is 15.6 Å². The van der Waals surface area contributed by atoms with Gasteiger partial charge in [-0.2, -0.15) is 0 Å². The minimum absolute atomic E-state index is 0.0154. The summed E-state index contributed by atoms with van der Waals surface area (Å²) >= 11 is 0. The zero-order valence-electron chi connectivity index (χ0n) is 17.4. The highest BCUT2D eigenvalue weighted by Gasteiger charge is 2.43. The Hall–Kier alpha value is -3.30. The maximum Gasteiger partial charge on any atom is 0.266 e. The Morgan fingerprint density at radius 1 is 1.28 bits per heavy atom. The predicted molar refractivity (Wildman–Crippen MR) is 115 cm³/mol. The molecular weight excluding hydrogens is 420 g/mol. The summed E-state index contributed by atoms with van der Waals surface area (Å²) in [6, 6.07) is 10.3. The molecule has 0 saturated heterocycles. The van der Waals surface area contributed by atoms with Gasteiger partial charge in [0.05, 0.1) is 6.61 Å². The molecule has 3 rings (SSSR count). The van der Waals surface area contributed by atoms with Crippen molar-refractivity contribution < 1.29 is 28.2 Å². The average molecular weight is 445 g/mol. The van der Waals surface area contributed by atoms with Gasteiger partial charge in [-0.15, -0.1) is 6.58 Å². The highest BCUT2D eigenvalue weighted by molar-refractivity contribution is 6.00. The largest absolute Gasteiger partial charge is 0.494 e. The van der Waals surface area contributed by atoms with Gasteiger partial charge >= 0.3 is 0 Å². The molecule has 0 bridgehead atoms. The minimum Gasteiger partial charge on any atom is -0.494 e. The number of carbonyl (C=O) groups is 1. The smallest absolute Gasteiger partial charge is 0.266 e. The summed E-state index contributed by atoms with van der Waals surface area (Å²) in [5.41, 5.74) is 4.84. The first kappa shape index (κ1) is 23.4. The van der Waals surface area contributed by atoms with Crippen LogP contribution >= 0.6 is 0 Å². The number of hydrogen-bond acceptors (Lipinski definition) is 6. The molecule has 1 atom stereocenters. The summed E-state index contributed by atoms with van der Waals surface area (Å²) in [4.78, 5) is 17.4. The Kier molecular flexibility index (Phi) is 7.91. The van der Waals surface area contributed by atoms with Gasteiger partial charge in [0.2, 0.25) is 5.90 Å². The molecule has 0 radical (unpaired) electrons. The van der Waals surface area contributed by atoms with Crippen LogP contribution in [0.4, 0.5) is 8.78 Å². The van der Waals surface area contributed by atoms with E-state index in [2.05, 4.69) is 22.4 Å². The summed E-state index contributed by atoms with van der Waals surface area (Å²) in [5.74, 6) is -0.878. The highest BCUT2D eigenvalue weighted by atomic mass is 19.1. The van der Waals surface area contributed by atoms with Crippen LogP contribution in [0.15, 0.2) is 60.1 Å². The molecule has 0 unspecified atom stereocenters. The van der Waals surface area contributed by atoms with Gasteiger partial charge in [-0.1, -0.05) is 12.1 Å². The topological polar surface area (TPSA) is 92.2 Å². The Labute approximate surface area is 184 Å². The first-order valence-corrected chi connectivity index (χ1v) is 10.1. The van der Waals surface area contributed by atoms with E-state index in [1.165, 1.54) is 6.07 Å². The zero-order valence-corrected chi connectivity index (χ0v) is 17.4. The van der Waals surface area contributed by atoms with E-state index in [-0.39, 0.29) is 31.7 Å². The van der Waals surface area contributed by atoms with Gasteiger partial charge < -0.3 is 14.6 Å². The molecule has 0 aliphatic carbocycles. The van der Waals surface area contributed by atoms with Crippen molar-refractivity contribution in [3.05, 3.63) is 77.9 Å². The van der Waals surface area contributed by atoms with E-state index in [0.717, 1.165) is 12.1 Å². The Bertz CT molecular complexity index is 982. The van der Waals surface area contributed by atoms with E-state index in [4.69, 9.17) is 14.6 Å². The normalized spacial score (nSPS) is 17.4. The maximum absolute atomic E-state index is 13.8. The molecule has 1 heterocycles. The van der Waals surface area contributed by atoms with Crippen LogP contribution in [0.1, 0.15) is 24.0 Å². The van der Waals surface area contributed by atoms with Crippen molar-refractivity contribution in [1.82, 2.24) is 10.9 Å². The molecule has 32 heavy (non-hydrogen) atoms. The van der Waals surface area contributed by atoms with Gasteiger partial charge in [0.25, 0.3) is 5.91 Å². The number of nitrogens with zero attached hydrogens (tertiary/aromatic N) is 1. The van der Waals surface area contributed by atoms with E-state index in [1.807, 2.05) is 0 Å². The average Bonchev–Trinajstić information content (AvgIpc) is 3.21. The third-order valence-electron chi connectivity index (χ3n) is 4.84. The van der Waals surface area contributed by atoms with Gasteiger partial charge in [-0.3, -0.25) is 10.2 Å². The first-order chi connectivity index (χ1) is 15.5.